The van der Waals surface area contributed by atoms with Gasteiger partial charge in [-0.2, -0.15) is 4.37 Å². The smallest absolute Gasteiger partial charge is 0.214 e. The molecule has 104 valence electrons. The van der Waals surface area contributed by atoms with Crippen LogP contribution < -0.4 is 0 Å². The summed E-state index contributed by atoms with van der Waals surface area (Å²) in [6, 6.07) is 13.8. The first-order valence-corrected chi connectivity index (χ1v) is 8.56. The molecule has 0 saturated heterocycles. The van der Waals surface area contributed by atoms with Crippen LogP contribution in [0.25, 0.3) is 16.0 Å². The molecule has 0 N–H and O–H groups in total. The van der Waals surface area contributed by atoms with E-state index in [1.807, 2.05) is 42.5 Å². The van der Waals surface area contributed by atoms with Gasteiger partial charge in [0.15, 0.2) is 9.06 Å². The summed E-state index contributed by atoms with van der Waals surface area (Å²) >= 11 is 8.81. The lowest BCUT2D eigenvalue weighted by Gasteiger charge is -2.17. The van der Waals surface area contributed by atoms with E-state index in [1.165, 1.54) is 11.5 Å². The van der Waals surface area contributed by atoms with Crippen molar-refractivity contribution >= 4 is 59.4 Å². The van der Waals surface area contributed by atoms with Gasteiger partial charge in [0.25, 0.3) is 0 Å². The van der Waals surface area contributed by atoms with Gasteiger partial charge in [0.05, 0.1) is 16.7 Å². The number of rotatable bonds is 2. The van der Waals surface area contributed by atoms with Crippen LogP contribution in [0.2, 0.25) is 0 Å². The zero-order chi connectivity index (χ0) is 14.4. The number of fused-ring (bicyclic) bond motifs is 3. The molecule has 1 aromatic carbocycles. The van der Waals surface area contributed by atoms with E-state index in [4.69, 9.17) is 0 Å². The Morgan fingerprint density at radius 3 is 2.67 bits per heavy atom. The summed E-state index contributed by atoms with van der Waals surface area (Å²) in [6.45, 7) is 0. The lowest BCUT2D eigenvalue weighted by Crippen LogP contribution is -2.16. The Kier molecular flexibility index (Phi) is 3.09. The van der Waals surface area contributed by atoms with Crippen molar-refractivity contribution in [3.05, 3.63) is 60.2 Å². The zero-order valence-corrected chi connectivity index (χ0v) is 14.6. The van der Waals surface area contributed by atoms with Crippen molar-refractivity contribution in [2.45, 2.75) is 3.23 Å². The second-order valence-corrected chi connectivity index (χ2v) is 8.69. The third kappa shape index (κ3) is 2.03. The third-order valence-corrected chi connectivity index (χ3v) is 5.45. The van der Waals surface area contributed by atoms with Crippen LogP contribution in [0, 0.1) is 0 Å². The first kappa shape index (κ1) is 13.4. The van der Waals surface area contributed by atoms with Crippen LogP contribution in [-0.2, 0) is 3.23 Å². The highest BCUT2D eigenvalue weighted by molar-refractivity contribution is 9.25. The van der Waals surface area contributed by atoms with Crippen molar-refractivity contribution in [2.24, 2.45) is 0 Å². The summed E-state index contributed by atoms with van der Waals surface area (Å²) in [7, 11) is 0. The molecule has 0 aliphatic carbocycles. The van der Waals surface area contributed by atoms with E-state index in [-0.39, 0.29) is 0 Å². The monoisotopic (exact) mass is 422 g/mol. The molecule has 0 bridgehead atoms. The van der Waals surface area contributed by atoms with Gasteiger partial charge in [-0.05, 0) is 24.3 Å². The number of hydrogen-bond acceptors (Lipinski definition) is 4. The summed E-state index contributed by atoms with van der Waals surface area (Å²) in [6.07, 6.45) is 1.77. The van der Waals surface area contributed by atoms with Gasteiger partial charge < -0.3 is 0 Å². The van der Waals surface area contributed by atoms with E-state index in [2.05, 4.69) is 50.6 Å². The molecule has 0 atom stereocenters. The van der Waals surface area contributed by atoms with Gasteiger partial charge in [-0.1, -0.05) is 50.1 Å². The molecule has 4 nitrogen and oxygen atoms in total. The SMILES string of the molecule is BrC(Br)(c1ccccn1)c1nsc2nc3ccccc3n12. The maximum absolute atomic E-state index is 4.60. The number of para-hydroxylation sites is 2. The highest BCUT2D eigenvalue weighted by atomic mass is 79.9. The highest BCUT2D eigenvalue weighted by Crippen LogP contribution is 2.44. The fourth-order valence-electron chi connectivity index (χ4n) is 2.26. The Hall–Kier alpha value is -1.31. The quantitative estimate of drug-likeness (QED) is 0.450. The predicted molar refractivity (Wildman–Crippen MR) is 91.2 cm³/mol. The molecule has 4 rings (SSSR count). The number of nitrogens with zero attached hydrogens (tertiary/aromatic N) is 4. The van der Waals surface area contributed by atoms with Gasteiger partial charge in [0, 0.05) is 17.7 Å². The number of hydrogen-bond donors (Lipinski definition) is 0. The van der Waals surface area contributed by atoms with Gasteiger partial charge in [-0.3, -0.25) is 9.38 Å². The van der Waals surface area contributed by atoms with Crippen LogP contribution in [0.15, 0.2) is 48.7 Å². The van der Waals surface area contributed by atoms with E-state index in [1.54, 1.807) is 6.20 Å². The number of pyridine rings is 1. The van der Waals surface area contributed by atoms with Crippen LogP contribution in [0.1, 0.15) is 11.5 Å². The van der Waals surface area contributed by atoms with Crippen LogP contribution in [-0.4, -0.2) is 18.7 Å². The van der Waals surface area contributed by atoms with Crippen molar-refractivity contribution in [3.8, 4) is 0 Å². The number of halogens is 2. The van der Waals surface area contributed by atoms with Gasteiger partial charge in [0.2, 0.25) is 4.96 Å². The van der Waals surface area contributed by atoms with E-state index >= 15 is 0 Å². The van der Waals surface area contributed by atoms with Crippen LogP contribution in [0.5, 0.6) is 0 Å². The maximum Gasteiger partial charge on any atom is 0.214 e. The zero-order valence-electron chi connectivity index (χ0n) is 10.6. The number of alkyl halides is 2. The maximum atomic E-state index is 4.60. The normalized spacial score (nSPS) is 12.3. The molecule has 0 radical (unpaired) electrons. The molecule has 0 spiro atoms. The second-order valence-electron chi connectivity index (χ2n) is 4.51. The van der Waals surface area contributed by atoms with Crippen LogP contribution in [0.4, 0.5) is 0 Å². The van der Waals surface area contributed by atoms with E-state index in [9.17, 15) is 0 Å². The molecule has 21 heavy (non-hydrogen) atoms. The average molecular weight is 424 g/mol. The Labute approximate surface area is 141 Å². The van der Waals surface area contributed by atoms with Gasteiger partial charge in [-0.25, -0.2) is 4.98 Å². The minimum Gasteiger partial charge on any atom is -0.267 e. The van der Waals surface area contributed by atoms with Crippen molar-refractivity contribution in [1.82, 2.24) is 18.7 Å². The molecule has 0 amide bonds. The Balaban J connectivity index is 2.02. The molecule has 3 heterocycles. The van der Waals surface area contributed by atoms with E-state index in [0.29, 0.717) is 0 Å². The third-order valence-electron chi connectivity index (χ3n) is 3.22. The molecule has 0 saturated carbocycles. The Morgan fingerprint density at radius 1 is 1.05 bits per heavy atom. The van der Waals surface area contributed by atoms with Crippen molar-refractivity contribution in [3.63, 3.8) is 0 Å². The summed E-state index contributed by atoms with van der Waals surface area (Å²) in [4.78, 5) is 9.88. The van der Waals surface area contributed by atoms with Gasteiger partial charge in [0.1, 0.15) is 0 Å². The van der Waals surface area contributed by atoms with E-state index in [0.717, 1.165) is 27.5 Å². The molecule has 3 aromatic heterocycles. The topological polar surface area (TPSA) is 43.1 Å². The van der Waals surface area contributed by atoms with E-state index < -0.39 is 3.23 Å². The fraction of sp³-hybridized carbons (Fsp3) is 0.0714. The predicted octanol–water partition coefficient (Wildman–Crippen LogP) is 4.33. The minimum atomic E-state index is -0.650. The summed E-state index contributed by atoms with van der Waals surface area (Å²) in [5.74, 6) is 0.815. The minimum absolute atomic E-state index is 0.650. The van der Waals surface area contributed by atoms with Crippen molar-refractivity contribution in [1.29, 1.82) is 0 Å². The Morgan fingerprint density at radius 2 is 1.86 bits per heavy atom. The number of aromatic nitrogens is 4. The average Bonchev–Trinajstić information content (AvgIpc) is 3.07. The number of benzene rings is 1. The van der Waals surface area contributed by atoms with Gasteiger partial charge in [-0.15, -0.1) is 0 Å². The Bertz CT molecular complexity index is 930. The first-order valence-electron chi connectivity index (χ1n) is 6.20. The van der Waals surface area contributed by atoms with Crippen LogP contribution >= 0.6 is 43.4 Å². The largest absolute Gasteiger partial charge is 0.267 e. The molecular weight excluding hydrogens is 416 g/mol. The lowest BCUT2D eigenvalue weighted by molar-refractivity contribution is 0.912. The van der Waals surface area contributed by atoms with Crippen LogP contribution in [0.3, 0.4) is 0 Å². The second kappa shape index (κ2) is 4.86. The van der Waals surface area contributed by atoms with Crippen molar-refractivity contribution in [2.75, 3.05) is 0 Å². The molecule has 0 fully saturated rings. The lowest BCUT2D eigenvalue weighted by atomic mass is 10.2. The molecular formula is C14H8Br2N4S. The molecule has 0 aliphatic heterocycles. The molecule has 7 heteroatoms. The van der Waals surface area contributed by atoms with Gasteiger partial charge >= 0.3 is 0 Å². The molecule has 0 aliphatic rings. The summed E-state index contributed by atoms with van der Waals surface area (Å²) in [5, 5.41) is 0. The fourth-order valence-corrected chi connectivity index (χ4v) is 4.28. The molecule has 0 unspecified atom stereocenters. The summed E-state index contributed by atoms with van der Waals surface area (Å²) in [5.41, 5.74) is 2.84. The summed E-state index contributed by atoms with van der Waals surface area (Å²) < 4.78 is 5.97. The highest BCUT2D eigenvalue weighted by Gasteiger charge is 2.35. The number of imidazole rings is 1. The van der Waals surface area contributed by atoms with Crippen molar-refractivity contribution < 1.29 is 0 Å². The standard InChI is InChI=1S/C14H8Br2N4S/c15-14(16,11-7-3-4-8-17-11)12-19-21-13-18-9-5-1-2-6-10(9)20(12)13/h1-8H. The first-order chi connectivity index (χ1) is 10.2. The molecule has 4 aromatic rings.